The fourth-order valence-corrected chi connectivity index (χ4v) is 5.08. The summed E-state index contributed by atoms with van der Waals surface area (Å²) in [5.74, 6) is -0.244. The number of hydrogen-bond acceptors (Lipinski definition) is 4. The Hall–Kier alpha value is -3.25. The first-order valence-electron chi connectivity index (χ1n) is 10.2. The molecule has 4 aromatic rings. The Bertz CT molecular complexity index is 1330. The summed E-state index contributed by atoms with van der Waals surface area (Å²) in [5, 5.41) is 3.58. The molecular weight excluding hydrogens is 406 g/mol. The molecule has 0 saturated heterocycles. The van der Waals surface area contributed by atoms with E-state index >= 15 is 0 Å². The van der Waals surface area contributed by atoms with Gasteiger partial charge in [0.15, 0.2) is 0 Å². The molecule has 4 rings (SSSR count). The van der Waals surface area contributed by atoms with Gasteiger partial charge >= 0.3 is 0 Å². The molecule has 6 heteroatoms. The second-order valence-electron chi connectivity index (χ2n) is 7.98. The number of aromatic nitrogens is 2. The molecule has 2 aromatic heterocycles. The molecule has 2 heterocycles. The molecule has 31 heavy (non-hydrogen) atoms. The summed E-state index contributed by atoms with van der Waals surface area (Å²) in [6.07, 6.45) is 1.48. The van der Waals surface area contributed by atoms with Crippen molar-refractivity contribution in [3.8, 4) is 11.1 Å². The van der Waals surface area contributed by atoms with Gasteiger partial charge in [0, 0.05) is 16.1 Å². The molecule has 1 unspecified atom stereocenters. The third-order valence-electron chi connectivity index (χ3n) is 5.60. The van der Waals surface area contributed by atoms with Crippen LogP contribution in [-0.4, -0.2) is 15.5 Å². The van der Waals surface area contributed by atoms with Crippen LogP contribution in [0.25, 0.3) is 21.3 Å². The zero-order valence-corrected chi connectivity index (χ0v) is 19.1. The summed E-state index contributed by atoms with van der Waals surface area (Å²) in [6, 6.07) is 13.2. The molecular formula is C25H25N3O2S. The van der Waals surface area contributed by atoms with Crippen LogP contribution in [0.4, 0.5) is 5.69 Å². The van der Waals surface area contributed by atoms with E-state index in [0.717, 1.165) is 38.4 Å². The molecule has 0 spiro atoms. The van der Waals surface area contributed by atoms with Gasteiger partial charge in [-0.05, 0) is 51.3 Å². The Morgan fingerprint density at radius 2 is 1.71 bits per heavy atom. The average Bonchev–Trinajstić information content (AvgIpc) is 3.07. The van der Waals surface area contributed by atoms with Crippen LogP contribution < -0.4 is 10.9 Å². The molecule has 5 nitrogen and oxygen atoms in total. The molecule has 1 amide bonds. The standard InChI is InChI=1S/C25H25N3O2S/c1-14-11-15(2)22(16(3)12-14)27-23(29)17(4)28-13-26-24-21(25(28)30)20(18(5)31-24)19-9-7-6-8-10-19/h6-13,17H,1-5H3,(H,27,29). The Morgan fingerprint density at radius 3 is 2.35 bits per heavy atom. The second-order valence-corrected chi connectivity index (χ2v) is 9.18. The van der Waals surface area contributed by atoms with Gasteiger partial charge < -0.3 is 5.32 Å². The maximum absolute atomic E-state index is 13.5. The molecule has 0 fully saturated rings. The number of rotatable bonds is 4. The van der Waals surface area contributed by atoms with E-state index in [2.05, 4.69) is 10.3 Å². The zero-order chi connectivity index (χ0) is 22.3. The van der Waals surface area contributed by atoms with Crippen LogP contribution in [0.3, 0.4) is 0 Å². The lowest BCUT2D eigenvalue weighted by Crippen LogP contribution is -2.32. The van der Waals surface area contributed by atoms with E-state index in [1.54, 1.807) is 6.92 Å². The van der Waals surface area contributed by atoms with Crippen molar-refractivity contribution in [2.45, 2.75) is 40.7 Å². The molecule has 2 aromatic carbocycles. The van der Waals surface area contributed by atoms with Gasteiger partial charge in [0.2, 0.25) is 5.91 Å². The highest BCUT2D eigenvalue weighted by Crippen LogP contribution is 2.35. The fraction of sp³-hybridized carbons (Fsp3) is 0.240. The number of thiophene rings is 1. The predicted molar refractivity (Wildman–Crippen MR) is 128 cm³/mol. The van der Waals surface area contributed by atoms with Gasteiger partial charge in [0.05, 0.1) is 11.7 Å². The molecule has 0 saturated carbocycles. The van der Waals surface area contributed by atoms with Gasteiger partial charge in [0.25, 0.3) is 5.56 Å². The third-order valence-corrected chi connectivity index (χ3v) is 6.61. The first-order valence-corrected chi connectivity index (χ1v) is 11.0. The third kappa shape index (κ3) is 3.79. The van der Waals surface area contributed by atoms with E-state index in [1.165, 1.54) is 22.2 Å². The van der Waals surface area contributed by atoms with E-state index in [9.17, 15) is 9.59 Å². The molecule has 0 bridgehead atoms. The molecule has 1 atom stereocenters. The minimum Gasteiger partial charge on any atom is -0.324 e. The number of fused-ring (bicyclic) bond motifs is 1. The van der Waals surface area contributed by atoms with Crippen molar-refractivity contribution in [1.29, 1.82) is 0 Å². The van der Waals surface area contributed by atoms with Crippen molar-refractivity contribution in [2.75, 3.05) is 5.32 Å². The van der Waals surface area contributed by atoms with Crippen LogP contribution in [0.2, 0.25) is 0 Å². The van der Waals surface area contributed by atoms with Crippen molar-refractivity contribution < 1.29 is 4.79 Å². The van der Waals surface area contributed by atoms with E-state index < -0.39 is 6.04 Å². The Balaban J connectivity index is 1.76. The van der Waals surface area contributed by atoms with Gasteiger partial charge in [-0.15, -0.1) is 11.3 Å². The minimum atomic E-state index is -0.701. The number of nitrogens with one attached hydrogen (secondary N) is 1. The number of anilines is 1. The highest BCUT2D eigenvalue weighted by molar-refractivity contribution is 7.19. The lowest BCUT2D eigenvalue weighted by molar-refractivity contribution is -0.118. The van der Waals surface area contributed by atoms with E-state index in [0.29, 0.717) is 10.2 Å². The van der Waals surface area contributed by atoms with E-state index in [1.807, 2.05) is 70.2 Å². The van der Waals surface area contributed by atoms with Crippen molar-refractivity contribution in [3.63, 3.8) is 0 Å². The summed E-state index contributed by atoms with van der Waals surface area (Å²) in [6.45, 7) is 9.70. The van der Waals surface area contributed by atoms with E-state index in [4.69, 9.17) is 0 Å². The number of hydrogen-bond donors (Lipinski definition) is 1. The largest absolute Gasteiger partial charge is 0.324 e. The van der Waals surface area contributed by atoms with Crippen LogP contribution >= 0.6 is 11.3 Å². The number of aryl methyl sites for hydroxylation is 4. The van der Waals surface area contributed by atoms with Crippen molar-refractivity contribution >= 4 is 33.1 Å². The SMILES string of the molecule is Cc1cc(C)c(NC(=O)C(C)n2cnc3sc(C)c(-c4ccccc4)c3c2=O)c(C)c1. The number of benzene rings is 2. The number of amides is 1. The van der Waals surface area contributed by atoms with Crippen molar-refractivity contribution in [2.24, 2.45) is 0 Å². The maximum atomic E-state index is 13.5. The second kappa shape index (κ2) is 8.12. The molecule has 0 aliphatic carbocycles. The number of nitrogens with zero attached hydrogens (tertiary/aromatic N) is 2. The highest BCUT2D eigenvalue weighted by Gasteiger charge is 2.22. The van der Waals surface area contributed by atoms with Crippen LogP contribution in [0.15, 0.2) is 53.6 Å². The van der Waals surface area contributed by atoms with Crippen molar-refractivity contribution in [3.05, 3.63) is 80.7 Å². The van der Waals surface area contributed by atoms with Crippen molar-refractivity contribution in [1.82, 2.24) is 9.55 Å². The first-order chi connectivity index (χ1) is 14.8. The highest BCUT2D eigenvalue weighted by atomic mass is 32.1. The van der Waals surface area contributed by atoms with Gasteiger partial charge in [-0.2, -0.15) is 0 Å². The summed E-state index contributed by atoms with van der Waals surface area (Å²) in [4.78, 5) is 32.7. The number of carbonyl (C=O) groups excluding carboxylic acids is 1. The van der Waals surface area contributed by atoms with Crippen LogP contribution in [-0.2, 0) is 4.79 Å². The predicted octanol–water partition coefficient (Wildman–Crippen LogP) is 5.56. The smallest absolute Gasteiger partial charge is 0.263 e. The topological polar surface area (TPSA) is 64.0 Å². The molecule has 1 N–H and O–H groups in total. The van der Waals surface area contributed by atoms with Crippen LogP contribution in [0.1, 0.15) is 34.5 Å². The van der Waals surface area contributed by atoms with Gasteiger partial charge in [-0.1, -0.05) is 48.0 Å². The molecule has 0 radical (unpaired) electrons. The quantitative estimate of drug-likeness (QED) is 0.460. The Kier molecular flexibility index (Phi) is 5.50. The maximum Gasteiger partial charge on any atom is 0.263 e. The van der Waals surface area contributed by atoms with Gasteiger partial charge in [0.1, 0.15) is 10.9 Å². The minimum absolute atomic E-state index is 0.201. The zero-order valence-electron chi connectivity index (χ0n) is 18.3. The van der Waals surface area contributed by atoms with E-state index in [-0.39, 0.29) is 11.5 Å². The monoisotopic (exact) mass is 431 g/mol. The first kappa shape index (κ1) is 21.0. The molecule has 158 valence electrons. The fourth-order valence-electron chi connectivity index (χ4n) is 4.07. The lowest BCUT2D eigenvalue weighted by Gasteiger charge is -2.18. The summed E-state index contributed by atoms with van der Waals surface area (Å²) in [5.41, 5.74) is 5.61. The summed E-state index contributed by atoms with van der Waals surface area (Å²) >= 11 is 1.50. The molecule has 0 aliphatic rings. The lowest BCUT2D eigenvalue weighted by atomic mass is 10.0. The average molecular weight is 432 g/mol. The molecule has 0 aliphatic heterocycles. The van der Waals surface area contributed by atoms with Gasteiger partial charge in [-0.3, -0.25) is 14.2 Å². The Morgan fingerprint density at radius 1 is 1.06 bits per heavy atom. The summed E-state index contributed by atoms with van der Waals surface area (Å²) in [7, 11) is 0. The van der Waals surface area contributed by atoms with Crippen LogP contribution in [0, 0.1) is 27.7 Å². The number of carbonyl (C=O) groups is 1. The van der Waals surface area contributed by atoms with Crippen LogP contribution in [0.5, 0.6) is 0 Å². The normalized spacial score (nSPS) is 12.2. The Labute approximate surface area is 185 Å². The summed E-state index contributed by atoms with van der Waals surface area (Å²) < 4.78 is 1.43. The van der Waals surface area contributed by atoms with Gasteiger partial charge in [-0.25, -0.2) is 4.98 Å².